The van der Waals surface area contributed by atoms with Crippen molar-refractivity contribution in [3.05, 3.63) is 23.8 Å². The Morgan fingerprint density at radius 2 is 2.18 bits per heavy atom. The zero-order valence-electron chi connectivity index (χ0n) is 12.9. The number of carbonyl (C=O) groups is 1. The zero-order chi connectivity index (χ0) is 15.4. The van der Waals surface area contributed by atoms with E-state index in [2.05, 4.69) is 29.4 Å². The molecule has 1 aromatic carbocycles. The smallest absolute Gasteiger partial charge is 0.226 e. The van der Waals surface area contributed by atoms with Crippen molar-refractivity contribution in [2.24, 2.45) is 0 Å². The van der Waals surface area contributed by atoms with Crippen molar-refractivity contribution in [2.45, 2.75) is 50.7 Å². The third-order valence-corrected chi connectivity index (χ3v) is 6.34. The van der Waals surface area contributed by atoms with Gasteiger partial charge in [0.25, 0.3) is 0 Å². The highest BCUT2D eigenvalue weighted by molar-refractivity contribution is 7.99. The van der Waals surface area contributed by atoms with Gasteiger partial charge < -0.3 is 5.32 Å². The highest BCUT2D eigenvalue weighted by Crippen LogP contribution is 2.29. The predicted molar refractivity (Wildman–Crippen MR) is 96.9 cm³/mol. The van der Waals surface area contributed by atoms with E-state index in [1.807, 2.05) is 17.8 Å². The Kier molecular flexibility index (Phi) is 5.37. The van der Waals surface area contributed by atoms with Gasteiger partial charge in [-0.25, -0.2) is 4.98 Å². The van der Waals surface area contributed by atoms with Gasteiger partial charge in [0.05, 0.1) is 10.2 Å². The van der Waals surface area contributed by atoms with E-state index in [1.54, 1.807) is 11.3 Å². The molecule has 1 N–H and O–H groups in total. The van der Waals surface area contributed by atoms with Gasteiger partial charge in [0, 0.05) is 17.4 Å². The van der Waals surface area contributed by atoms with Crippen LogP contribution < -0.4 is 5.32 Å². The molecule has 1 saturated carbocycles. The molecule has 1 fully saturated rings. The second-order valence-electron chi connectivity index (χ2n) is 5.92. The van der Waals surface area contributed by atoms with E-state index in [4.69, 9.17) is 0 Å². The Bertz CT molecular complexity index is 647. The first-order chi connectivity index (χ1) is 10.7. The number of thiazole rings is 1. The van der Waals surface area contributed by atoms with Gasteiger partial charge in [0.15, 0.2) is 5.13 Å². The number of hydrogen-bond acceptors (Lipinski definition) is 4. The number of aromatic nitrogens is 1. The summed E-state index contributed by atoms with van der Waals surface area (Å²) in [5.74, 6) is 1.000. The number of amides is 1. The number of nitrogens with one attached hydrogen (secondary N) is 1. The lowest BCUT2D eigenvalue weighted by atomic mass is 10.0. The summed E-state index contributed by atoms with van der Waals surface area (Å²) in [6, 6.07) is 6.17. The van der Waals surface area contributed by atoms with Crippen LogP contribution >= 0.6 is 23.1 Å². The molecule has 0 radical (unpaired) electrons. The molecule has 0 spiro atoms. The summed E-state index contributed by atoms with van der Waals surface area (Å²) in [5, 5.41) is 4.43. The van der Waals surface area contributed by atoms with E-state index < -0.39 is 0 Å². The number of rotatable bonds is 5. The largest absolute Gasteiger partial charge is 0.302 e. The summed E-state index contributed by atoms with van der Waals surface area (Å²) in [7, 11) is 0. The SMILES string of the molecule is Cc1ccc2nc(NC(=O)CCSC3CCCCC3)sc2c1. The molecule has 118 valence electrons. The van der Waals surface area contributed by atoms with E-state index in [9.17, 15) is 4.79 Å². The standard InChI is InChI=1S/C17H22N2OS2/c1-12-7-8-14-15(11-12)22-17(18-14)19-16(20)9-10-21-13-5-3-2-4-6-13/h7-8,11,13H,2-6,9-10H2,1H3,(H,18,19,20). The van der Waals surface area contributed by atoms with Gasteiger partial charge in [-0.05, 0) is 37.5 Å². The maximum absolute atomic E-state index is 12.0. The third kappa shape index (κ3) is 4.23. The van der Waals surface area contributed by atoms with Gasteiger partial charge >= 0.3 is 0 Å². The van der Waals surface area contributed by atoms with Gasteiger partial charge in [0.1, 0.15) is 0 Å². The number of aryl methyl sites for hydroxylation is 1. The summed E-state index contributed by atoms with van der Waals surface area (Å²) in [4.78, 5) is 16.5. The molecular formula is C17H22N2OS2. The molecule has 0 unspecified atom stereocenters. The van der Waals surface area contributed by atoms with Crippen LogP contribution in [-0.4, -0.2) is 21.9 Å². The van der Waals surface area contributed by atoms with Crippen molar-refractivity contribution in [2.75, 3.05) is 11.1 Å². The molecule has 0 atom stereocenters. The number of benzene rings is 1. The minimum Gasteiger partial charge on any atom is -0.302 e. The van der Waals surface area contributed by atoms with Crippen molar-refractivity contribution in [1.29, 1.82) is 0 Å². The van der Waals surface area contributed by atoms with E-state index in [1.165, 1.54) is 37.7 Å². The zero-order valence-corrected chi connectivity index (χ0v) is 14.6. The Balaban J connectivity index is 1.47. The lowest BCUT2D eigenvalue weighted by Gasteiger charge is -2.20. The number of hydrogen-bond donors (Lipinski definition) is 1. The molecule has 0 saturated heterocycles. The van der Waals surface area contributed by atoms with Crippen molar-refractivity contribution in [3.63, 3.8) is 0 Å². The quantitative estimate of drug-likeness (QED) is 0.836. The molecule has 22 heavy (non-hydrogen) atoms. The normalized spacial score (nSPS) is 16.0. The van der Waals surface area contributed by atoms with Crippen molar-refractivity contribution < 1.29 is 4.79 Å². The molecule has 5 heteroatoms. The first-order valence-electron chi connectivity index (χ1n) is 7.99. The number of thioether (sulfide) groups is 1. The van der Waals surface area contributed by atoms with E-state index in [0.29, 0.717) is 11.6 Å². The van der Waals surface area contributed by atoms with Crippen LogP contribution in [0.4, 0.5) is 5.13 Å². The van der Waals surface area contributed by atoms with Crippen LogP contribution in [0.1, 0.15) is 44.1 Å². The molecule has 2 aromatic rings. The van der Waals surface area contributed by atoms with Crippen LogP contribution in [0.3, 0.4) is 0 Å². The maximum Gasteiger partial charge on any atom is 0.226 e. The molecule has 3 nitrogen and oxygen atoms in total. The number of nitrogens with zero attached hydrogens (tertiary/aromatic N) is 1. The molecule has 0 bridgehead atoms. The molecule has 3 rings (SSSR count). The molecule has 1 aromatic heterocycles. The Hall–Kier alpha value is -1.07. The fourth-order valence-corrected chi connectivity index (χ4v) is 5.10. The van der Waals surface area contributed by atoms with Gasteiger partial charge in [-0.3, -0.25) is 4.79 Å². The van der Waals surface area contributed by atoms with Crippen molar-refractivity contribution in [1.82, 2.24) is 4.98 Å². The third-order valence-electron chi connectivity index (χ3n) is 4.03. The predicted octanol–water partition coefficient (Wildman–Crippen LogP) is 5.00. The molecule has 1 amide bonds. The lowest BCUT2D eigenvalue weighted by Crippen LogP contribution is -2.14. The van der Waals surface area contributed by atoms with E-state index >= 15 is 0 Å². The minimum absolute atomic E-state index is 0.0825. The summed E-state index contributed by atoms with van der Waals surface area (Å²) in [5.41, 5.74) is 2.18. The summed E-state index contributed by atoms with van der Waals surface area (Å²) >= 11 is 3.52. The van der Waals surface area contributed by atoms with E-state index in [-0.39, 0.29) is 5.91 Å². The van der Waals surface area contributed by atoms with Crippen LogP contribution in [0, 0.1) is 6.92 Å². The molecule has 0 aliphatic heterocycles. The van der Waals surface area contributed by atoms with Crippen LogP contribution in [-0.2, 0) is 4.79 Å². The fraction of sp³-hybridized carbons (Fsp3) is 0.529. The van der Waals surface area contributed by atoms with Gasteiger partial charge in [-0.15, -0.1) is 0 Å². The number of fused-ring (bicyclic) bond motifs is 1. The fourth-order valence-electron chi connectivity index (χ4n) is 2.82. The molecule has 1 heterocycles. The van der Waals surface area contributed by atoms with Crippen LogP contribution in [0.25, 0.3) is 10.2 Å². The Morgan fingerprint density at radius 1 is 1.36 bits per heavy atom. The minimum atomic E-state index is 0.0825. The Labute approximate surface area is 139 Å². The molecular weight excluding hydrogens is 312 g/mol. The van der Waals surface area contributed by atoms with Gasteiger partial charge in [0.2, 0.25) is 5.91 Å². The van der Waals surface area contributed by atoms with Crippen LogP contribution in [0.2, 0.25) is 0 Å². The first kappa shape index (κ1) is 15.8. The summed E-state index contributed by atoms with van der Waals surface area (Å²) in [6.07, 6.45) is 7.32. The highest BCUT2D eigenvalue weighted by atomic mass is 32.2. The highest BCUT2D eigenvalue weighted by Gasteiger charge is 2.14. The molecule has 1 aliphatic carbocycles. The molecule has 1 aliphatic rings. The maximum atomic E-state index is 12.0. The summed E-state index contributed by atoms with van der Waals surface area (Å²) in [6.45, 7) is 2.07. The second-order valence-corrected chi connectivity index (χ2v) is 8.36. The van der Waals surface area contributed by atoms with Crippen molar-refractivity contribution in [3.8, 4) is 0 Å². The first-order valence-corrected chi connectivity index (χ1v) is 9.86. The number of carbonyl (C=O) groups excluding carboxylic acids is 1. The van der Waals surface area contributed by atoms with Crippen LogP contribution in [0.15, 0.2) is 18.2 Å². The summed E-state index contributed by atoms with van der Waals surface area (Å²) < 4.78 is 1.13. The lowest BCUT2D eigenvalue weighted by molar-refractivity contribution is -0.115. The topological polar surface area (TPSA) is 42.0 Å². The van der Waals surface area contributed by atoms with Gasteiger partial charge in [-0.1, -0.05) is 36.7 Å². The second kappa shape index (κ2) is 7.47. The number of anilines is 1. The average molecular weight is 335 g/mol. The van der Waals surface area contributed by atoms with Crippen molar-refractivity contribution >= 4 is 44.4 Å². The average Bonchev–Trinajstić information content (AvgIpc) is 2.89. The Morgan fingerprint density at radius 3 is 3.00 bits per heavy atom. The van der Waals surface area contributed by atoms with E-state index in [0.717, 1.165) is 21.2 Å². The van der Waals surface area contributed by atoms with Crippen LogP contribution in [0.5, 0.6) is 0 Å². The monoisotopic (exact) mass is 334 g/mol. The van der Waals surface area contributed by atoms with Gasteiger partial charge in [-0.2, -0.15) is 11.8 Å².